The smallest absolute Gasteiger partial charge is 0.170 e. The molecule has 4 aromatic heterocycles. The van der Waals surface area contributed by atoms with E-state index in [1.54, 1.807) is 11.3 Å². The second-order valence-electron chi connectivity index (χ2n) is 16.7. The fourth-order valence-corrected chi connectivity index (χ4v) is 11.3. The lowest BCUT2D eigenvalue weighted by molar-refractivity contribution is 0.669. The van der Waals surface area contributed by atoms with Crippen molar-refractivity contribution < 1.29 is 4.42 Å². The zero-order chi connectivity index (χ0) is 42.6. The Labute approximate surface area is 376 Å². The third-order valence-electron chi connectivity index (χ3n) is 13.0. The molecular formula is C59H34N4OS. The van der Waals surface area contributed by atoms with Crippen LogP contribution in [0.15, 0.2) is 211 Å². The quantitative estimate of drug-likeness (QED) is 0.173. The summed E-state index contributed by atoms with van der Waals surface area (Å²) in [5.74, 6) is 1.72. The Bertz CT molecular complexity index is 4260. The summed E-state index contributed by atoms with van der Waals surface area (Å²) >= 11 is 1.77. The third kappa shape index (κ3) is 5.54. The van der Waals surface area contributed by atoms with Crippen LogP contribution < -0.4 is 0 Å². The molecule has 0 fully saturated rings. The third-order valence-corrected chi connectivity index (χ3v) is 14.2. The van der Waals surface area contributed by atoms with Crippen LogP contribution >= 0.6 is 11.3 Å². The van der Waals surface area contributed by atoms with Crippen LogP contribution in [0.1, 0.15) is 0 Å². The minimum absolute atomic E-state index is 0.531. The molecule has 65 heavy (non-hydrogen) atoms. The molecule has 14 aromatic rings. The number of para-hydroxylation sites is 1. The van der Waals surface area contributed by atoms with E-state index in [0.29, 0.717) is 17.5 Å². The van der Waals surface area contributed by atoms with Crippen LogP contribution in [0.4, 0.5) is 0 Å². The van der Waals surface area contributed by atoms with Gasteiger partial charge in [-0.3, -0.25) is 0 Å². The monoisotopic (exact) mass is 846 g/mol. The molecule has 0 spiro atoms. The van der Waals surface area contributed by atoms with Gasteiger partial charge in [0, 0.05) is 52.8 Å². The summed E-state index contributed by atoms with van der Waals surface area (Å²) in [6.07, 6.45) is 0. The summed E-state index contributed by atoms with van der Waals surface area (Å²) in [6, 6.07) is 73.2. The highest BCUT2D eigenvalue weighted by molar-refractivity contribution is 7.26. The first-order valence-corrected chi connectivity index (χ1v) is 22.7. The van der Waals surface area contributed by atoms with Gasteiger partial charge in [0.05, 0.1) is 22.3 Å². The van der Waals surface area contributed by atoms with Gasteiger partial charge in [0.15, 0.2) is 17.5 Å². The van der Waals surface area contributed by atoms with Crippen LogP contribution in [-0.2, 0) is 0 Å². The first kappa shape index (κ1) is 36.1. The summed E-state index contributed by atoms with van der Waals surface area (Å²) in [5, 5.41) is 11.5. The number of hydrogen-bond acceptors (Lipinski definition) is 5. The van der Waals surface area contributed by atoms with E-state index in [9.17, 15) is 0 Å². The summed E-state index contributed by atoms with van der Waals surface area (Å²) in [5.41, 5.74) is 9.49. The highest BCUT2D eigenvalue weighted by Crippen LogP contribution is 2.46. The van der Waals surface area contributed by atoms with Crippen LogP contribution in [0.25, 0.3) is 136 Å². The molecule has 0 N–H and O–H groups in total. The zero-order valence-electron chi connectivity index (χ0n) is 34.7. The molecule has 0 saturated carbocycles. The van der Waals surface area contributed by atoms with E-state index in [1.807, 2.05) is 6.07 Å². The molecule has 14 rings (SSSR count). The molecule has 0 aliphatic carbocycles. The SMILES string of the molecule is c1ccc(-c2cccc(-c3nc(-c4c(-n5c6ccccc6c6cc7ccccc7cc65)ccc5c4oc4ccc6ccccc6c45)nc(-c4cccc5c4sc4ccccc45)n3)c2)cc1. The van der Waals surface area contributed by atoms with Crippen LogP contribution in [0.5, 0.6) is 0 Å². The van der Waals surface area contributed by atoms with E-state index in [0.717, 1.165) is 81.9 Å². The fourth-order valence-electron chi connectivity index (χ4n) is 10.0. The van der Waals surface area contributed by atoms with Gasteiger partial charge in [-0.25, -0.2) is 15.0 Å². The molecule has 6 heteroatoms. The Morgan fingerprint density at radius 2 is 1.08 bits per heavy atom. The van der Waals surface area contributed by atoms with Crippen LogP contribution in [0, 0.1) is 0 Å². The van der Waals surface area contributed by atoms with Gasteiger partial charge in [0.1, 0.15) is 11.2 Å². The second-order valence-corrected chi connectivity index (χ2v) is 17.8. The number of benzene rings is 10. The predicted octanol–water partition coefficient (Wildman–Crippen LogP) is 16.2. The van der Waals surface area contributed by atoms with Crippen molar-refractivity contribution in [2.75, 3.05) is 0 Å². The first-order chi connectivity index (χ1) is 32.2. The van der Waals surface area contributed by atoms with Crippen molar-refractivity contribution in [2.45, 2.75) is 0 Å². The van der Waals surface area contributed by atoms with Gasteiger partial charge in [-0.05, 0) is 87.3 Å². The molecule has 302 valence electrons. The standard InChI is InChI=1S/C59H34N4OS/c1-2-14-35(15-3-1)37-19-12-20-40(32-37)57-60-58(46-25-13-24-44-43-23-9-11-27-52(43)65-56(44)46)62-59(61-57)54-49(30-29-45-53-41-21-7-6-16-36(41)28-31-51(53)64-55(45)54)63-48-26-10-8-22-42(48)47-33-38-17-4-5-18-39(38)34-50(47)63/h1-34H. The molecule has 0 bridgehead atoms. The topological polar surface area (TPSA) is 56.7 Å². The Hall–Kier alpha value is -8.45. The minimum Gasteiger partial charge on any atom is -0.455 e. The van der Waals surface area contributed by atoms with E-state index in [2.05, 4.69) is 205 Å². The van der Waals surface area contributed by atoms with Gasteiger partial charge in [0.2, 0.25) is 0 Å². The highest BCUT2D eigenvalue weighted by Gasteiger charge is 2.26. The van der Waals surface area contributed by atoms with Crippen LogP contribution in [0.2, 0.25) is 0 Å². The van der Waals surface area contributed by atoms with Crippen molar-refractivity contribution >= 4 is 96.8 Å². The Balaban J connectivity index is 1.13. The fraction of sp³-hybridized carbons (Fsp3) is 0. The zero-order valence-corrected chi connectivity index (χ0v) is 35.6. The average molecular weight is 847 g/mol. The largest absolute Gasteiger partial charge is 0.455 e. The molecule has 0 unspecified atom stereocenters. The molecule has 0 saturated heterocycles. The van der Waals surface area contributed by atoms with Gasteiger partial charge in [-0.2, -0.15) is 0 Å². The summed E-state index contributed by atoms with van der Waals surface area (Å²) < 4.78 is 11.9. The number of thiophene rings is 1. The Kier molecular flexibility index (Phi) is 7.79. The lowest BCUT2D eigenvalue weighted by Crippen LogP contribution is -2.04. The van der Waals surface area contributed by atoms with Crippen molar-refractivity contribution in [1.82, 2.24) is 19.5 Å². The lowest BCUT2D eigenvalue weighted by atomic mass is 10.0. The molecule has 0 aliphatic heterocycles. The molecule has 0 radical (unpaired) electrons. The number of furan rings is 1. The van der Waals surface area contributed by atoms with Gasteiger partial charge < -0.3 is 8.98 Å². The number of rotatable bonds is 5. The van der Waals surface area contributed by atoms with Crippen molar-refractivity contribution in [2.24, 2.45) is 0 Å². The molecule has 0 atom stereocenters. The lowest BCUT2D eigenvalue weighted by Gasteiger charge is -2.16. The maximum atomic E-state index is 7.15. The Morgan fingerprint density at radius 3 is 1.97 bits per heavy atom. The highest BCUT2D eigenvalue weighted by atomic mass is 32.1. The summed E-state index contributed by atoms with van der Waals surface area (Å²) in [7, 11) is 0. The first-order valence-electron chi connectivity index (χ1n) is 21.8. The van der Waals surface area contributed by atoms with Gasteiger partial charge >= 0.3 is 0 Å². The van der Waals surface area contributed by atoms with Crippen molar-refractivity contribution in [3.63, 3.8) is 0 Å². The molecule has 10 aromatic carbocycles. The van der Waals surface area contributed by atoms with Gasteiger partial charge in [0.25, 0.3) is 0 Å². The van der Waals surface area contributed by atoms with Gasteiger partial charge in [-0.15, -0.1) is 11.3 Å². The predicted molar refractivity (Wildman–Crippen MR) is 271 cm³/mol. The number of aromatic nitrogens is 4. The molecule has 4 heterocycles. The average Bonchev–Trinajstić information content (AvgIpc) is 4.05. The van der Waals surface area contributed by atoms with Crippen molar-refractivity contribution in [3.05, 3.63) is 206 Å². The van der Waals surface area contributed by atoms with E-state index < -0.39 is 0 Å². The molecule has 5 nitrogen and oxygen atoms in total. The Morgan fingerprint density at radius 1 is 0.400 bits per heavy atom. The van der Waals surface area contributed by atoms with E-state index >= 15 is 0 Å². The van der Waals surface area contributed by atoms with Crippen LogP contribution in [0.3, 0.4) is 0 Å². The normalized spacial score (nSPS) is 12.0. The van der Waals surface area contributed by atoms with Crippen molar-refractivity contribution in [1.29, 1.82) is 0 Å². The second kappa shape index (κ2) is 14.0. The minimum atomic E-state index is 0.531. The van der Waals surface area contributed by atoms with Crippen molar-refractivity contribution in [3.8, 4) is 51.0 Å². The maximum Gasteiger partial charge on any atom is 0.170 e. The van der Waals surface area contributed by atoms with Crippen LogP contribution in [-0.4, -0.2) is 19.5 Å². The maximum absolute atomic E-state index is 7.15. The summed E-state index contributed by atoms with van der Waals surface area (Å²) in [6.45, 7) is 0. The van der Waals surface area contributed by atoms with E-state index in [-0.39, 0.29) is 0 Å². The molecule has 0 aliphatic rings. The molecular weight excluding hydrogens is 813 g/mol. The van der Waals surface area contributed by atoms with E-state index in [1.165, 1.54) is 37.0 Å². The molecule has 0 amide bonds. The van der Waals surface area contributed by atoms with E-state index in [4.69, 9.17) is 19.4 Å². The number of fused-ring (bicyclic) bond motifs is 12. The number of hydrogen-bond donors (Lipinski definition) is 0. The van der Waals surface area contributed by atoms with Gasteiger partial charge in [-0.1, -0.05) is 152 Å². The number of nitrogens with zero attached hydrogens (tertiary/aromatic N) is 4. The summed E-state index contributed by atoms with van der Waals surface area (Å²) in [4.78, 5) is 16.5.